The number of non-ortho nitro benzene ring substituents is 1. The van der Waals surface area contributed by atoms with Crippen LogP contribution >= 0.6 is 0 Å². The molecule has 3 rings (SSSR count). The van der Waals surface area contributed by atoms with E-state index in [4.69, 9.17) is 5.11 Å². The summed E-state index contributed by atoms with van der Waals surface area (Å²) in [6.07, 6.45) is 1.31. The van der Waals surface area contributed by atoms with Crippen LogP contribution in [-0.2, 0) is 0 Å². The third kappa shape index (κ3) is 4.35. The number of aliphatic hydroxyl groups excluding tert-OH is 1. The average Bonchev–Trinajstić information content (AvgIpc) is 2.68. The molecule has 1 aliphatic heterocycles. The molecule has 10 nitrogen and oxygen atoms in total. The van der Waals surface area contributed by atoms with E-state index in [0.717, 1.165) is 32.7 Å². The van der Waals surface area contributed by atoms with E-state index >= 15 is 0 Å². The fourth-order valence-electron chi connectivity index (χ4n) is 3.31. The number of para-hydroxylation sites is 1. The molecule has 2 aromatic rings. The van der Waals surface area contributed by atoms with Crippen molar-refractivity contribution in [1.29, 1.82) is 0 Å². The summed E-state index contributed by atoms with van der Waals surface area (Å²) in [7, 11) is 0. The quantitative estimate of drug-likeness (QED) is 0.349. The van der Waals surface area contributed by atoms with Gasteiger partial charge in [-0.25, -0.2) is 0 Å². The largest absolute Gasteiger partial charge is 0.506 e. The molecular weight excluding hydrogens is 366 g/mol. The number of hydrogen-bond acceptors (Lipinski definition) is 8. The number of nitrogens with one attached hydrogen (secondary N) is 1. The van der Waals surface area contributed by atoms with Crippen LogP contribution < -0.4 is 5.56 Å². The molecule has 1 aromatic heterocycles. The molecule has 150 valence electrons. The van der Waals surface area contributed by atoms with Crippen molar-refractivity contribution < 1.29 is 15.1 Å². The van der Waals surface area contributed by atoms with Crippen molar-refractivity contribution in [2.24, 2.45) is 4.99 Å². The van der Waals surface area contributed by atoms with Gasteiger partial charge in [-0.15, -0.1) is 0 Å². The van der Waals surface area contributed by atoms with Gasteiger partial charge in [0, 0.05) is 56.9 Å². The second kappa shape index (κ2) is 8.91. The number of nitro benzene ring substituents is 1. The second-order valence-electron chi connectivity index (χ2n) is 6.62. The van der Waals surface area contributed by atoms with Gasteiger partial charge in [0.05, 0.1) is 23.6 Å². The number of aliphatic hydroxyl groups is 1. The number of rotatable bonds is 7. The van der Waals surface area contributed by atoms with Crippen LogP contribution in [0.2, 0.25) is 0 Å². The van der Waals surface area contributed by atoms with Gasteiger partial charge < -0.3 is 15.2 Å². The Labute approximate surface area is 160 Å². The Morgan fingerprint density at radius 2 is 1.89 bits per heavy atom. The van der Waals surface area contributed by atoms with Crippen LogP contribution in [0.4, 0.5) is 5.69 Å². The average molecular weight is 389 g/mol. The molecule has 0 aliphatic carbocycles. The summed E-state index contributed by atoms with van der Waals surface area (Å²) in [5.41, 5.74) is -0.914. The number of benzene rings is 1. The van der Waals surface area contributed by atoms with E-state index in [1.165, 1.54) is 24.4 Å². The van der Waals surface area contributed by atoms with Crippen molar-refractivity contribution in [2.75, 3.05) is 52.4 Å². The number of hydrogen-bond donors (Lipinski definition) is 3. The van der Waals surface area contributed by atoms with Gasteiger partial charge in [0.1, 0.15) is 11.3 Å². The number of aromatic hydroxyl groups is 1. The highest BCUT2D eigenvalue weighted by atomic mass is 16.6. The van der Waals surface area contributed by atoms with Crippen LogP contribution in [0.5, 0.6) is 5.75 Å². The van der Waals surface area contributed by atoms with Crippen molar-refractivity contribution in [3.05, 3.63) is 44.2 Å². The summed E-state index contributed by atoms with van der Waals surface area (Å²) in [4.78, 5) is 33.9. The first-order valence-electron chi connectivity index (χ1n) is 9.09. The molecule has 1 aliphatic rings. The number of aromatic amines is 1. The van der Waals surface area contributed by atoms with Crippen molar-refractivity contribution in [3.63, 3.8) is 0 Å². The van der Waals surface area contributed by atoms with Crippen molar-refractivity contribution in [1.82, 2.24) is 14.8 Å². The van der Waals surface area contributed by atoms with E-state index in [1.54, 1.807) is 0 Å². The maximum absolute atomic E-state index is 12.3. The number of fused-ring (bicyclic) bond motifs is 1. The standard InChI is InChI=1S/C18H23N5O5/c24-11-10-22-8-6-21(7-9-22)5-4-19-12-14-17(25)13-2-1-3-15(23(27)28)16(13)20-18(14)26/h1-3,12,24H,4-11H2,(H2,20,25,26). The van der Waals surface area contributed by atoms with Gasteiger partial charge in [-0.2, -0.15) is 0 Å². The highest BCUT2D eigenvalue weighted by molar-refractivity contribution is 5.98. The van der Waals surface area contributed by atoms with Crippen LogP contribution in [0, 0.1) is 10.1 Å². The molecule has 3 N–H and O–H groups in total. The molecule has 0 spiro atoms. The Morgan fingerprint density at radius 1 is 1.21 bits per heavy atom. The number of H-pyrrole nitrogens is 1. The fourth-order valence-corrected chi connectivity index (χ4v) is 3.31. The normalized spacial score (nSPS) is 16.2. The maximum Gasteiger partial charge on any atom is 0.293 e. The smallest absolute Gasteiger partial charge is 0.293 e. The van der Waals surface area contributed by atoms with Crippen molar-refractivity contribution in [2.45, 2.75) is 0 Å². The van der Waals surface area contributed by atoms with Gasteiger partial charge in [0.25, 0.3) is 11.2 Å². The van der Waals surface area contributed by atoms with Crippen LogP contribution in [0.25, 0.3) is 10.9 Å². The molecule has 0 amide bonds. The van der Waals surface area contributed by atoms with E-state index in [-0.39, 0.29) is 34.5 Å². The number of piperazine rings is 1. The topological polar surface area (TPSA) is 135 Å². The van der Waals surface area contributed by atoms with Gasteiger partial charge in [-0.3, -0.25) is 29.7 Å². The summed E-state index contributed by atoms with van der Waals surface area (Å²) >= 11 is 0. The Kier molecular flexibility index (Phi) is 6.34. The minimum absolute atomic E-state index is 0.00657. The minimum Gasteiger partial charge on any atom is -0.506 e. The third-order valence-electron chi connectivity index (χ3n) is 4.88. The monoisotopic (exact) mass is 389 g/mol. The zero-order chi connectivity index (χ0) is 20.1. The van der Waals surface area contributed by atoms with Crippen molar-refractivity contribution >= 4 is 22.8 Å². The minimum atomic E-state index is -0.624. The Bertz CT molecular complexity index is 934. The Morgan fingerprint density at radius 3 is 2.54 bits per heavy atom. The van der Waals surface area contributed by atoms with E-state index in [0.29, 0.717) is 13.1 Å². The van der Waals surface area contributed by atoms with Gasteiger partial charge in [-0.05, 0) is 6.07 Å². The Hall–Kier alpha value is -2.82. The molecule has 0 unspecified atom stereocenters. The molecule has 28 heavy (non-hydrogen) atoms. The number of nitrogens with zero attached hydrogens (tertiary/aromatic N) is 4. The van der Waals surface area contributed by atoms with E-state index in [9.17, 15) is 20.0 Å². The molecule has 1 aromatic carbocycles. The lowest BCUT2D eigenvalue weighted by atomic mass is 10.1. The van der Waals surface area contributed by atoms with Crippen LogP contribution in [0.1, 0.15) is 5.56 Å². The zero-order valence-electron chi connectivity index (χ0n) is 15.4. The van der Waals surface area contributed by atoms with Crippen LogP contribution in [0.15, 0.2) is 28.0 Å². The molecule has 0 saturated carbocycles. The van der Waals surface area contributed by atoms with E-state index in [1.807, 2.05) is 0 Å². The summed E-state index contributed by atoms with van der Waals surface area (Å²) in [5.74, 6) is -0.316. The zero-order valence-corrected chi connectivity index (χ0v) is 15.4. The highest BCUT2D eigenvalue weighted by Crippen LogP contribution is 2.29. The number of aliphatic imine (C=N–C) groups is 1. The molecule has 0 radical (unpaired) electrons. The summed E-state index contributed by atoms with van der Waals surface area (Å²) in [6.45, 7) is 5.61. The molecule has 1 fully saturated rings. The summed E-state index contributed by atoms with van der Waals surface area (Å²) in [6, 6.07) is 4.23. The number of aromatic nitrogens is 1. The van der Waals surface area contributed by atoms with Crippen LogP contribution in [-0.4, -0.2) is 88.6 Å². The lowest BCUT2D eigenvalue weighted by Crippen LogP contribution is -2.47. The lowest BCUT2D eigenvalue weighted by Gasteiger charge is -2.33. The predicted molar refractivity (Wildman–Crippen MR) is 105 cm³/mol. The van der Waals surface area contributed by atoms with E-state index in [2.05, 4.69) is 19.8 Å². The van der Waals surface area contributed by atoms with Gasteiger partial charge in [0.2, 0.25) is 0 Å². The fraction of sp³-hybridized carbons (Fsp3) is 0.444. The van der Waals surface area contributed by atoms with Crippen molar-refractivity contribution in [3.8, 4) is 5.75 Å². The first-order valence-corrected chi connectivity index (χ1v) is 9.09. The molecule has 0 bridgehead atoms. The lowest BCUT2D eigenvalue weighted by molar-refractivity contribution is -0.383. The first kappa shape index (κ1) is 19.9. The van der Waals surface area contributed by atoms with Crippen LogP contribution in [0.3, 0.4) is 0 Å². The molecule has 2 heterocycles. The van der Waals surface area contributed by atoms with Gasteiger partial charge in [-0.1, -0.05) is 6.07 Å². The van der Waals surface area contributed by atoms with Gasteiger partial charge >= 0.3 is 0 Å². The molecule has 10 heteroatoms. The second-order valence-corrected chi connectivity index (χ2v) is 6.62. The van der Waals surface area contributed by atoms with Gasteiger partial charge in [0.15, 0.2) is 0 Å². The molecular formula is C18H23N5O5. The number of pyridine rings is 1. The summed E-state index contributed by atoms with van der Waals surface area (Å²) < 4.78 is 0. The van der Waals surface area contributed by atoms with E-state index < -0.39 is 10.5 Å². The highest BCUT2D eigenvalue weighted by Gasteiger charge is 2.18. The third-order valence-corrected chi connectivity index (χ3v) is 4.88. The Balaban J connectivity index is 1.68. The maximum atomic E-state index is 12.3. The SMILES string of the molecule is O=c1[nH]c2c([N+](=O)[O-])cccc2c(O)c1C=NCCN1CCN(CCO)CC1. The first-order chi connectivity index (χ1) is 13.5. The molecule has 1 saturated heterocycles. The number of β-amino-alcohol motifs (C(OH)–C–C–N with tert-alkyl or cyclic N) is 1. The predicted octanol–water partition coefficient (Wildman–Crippen LogP) is 0.171. The summed E-state index contributed by atoms with van der Waals surface area (Å²) in [5, 5.41) is 30.7. The molecule has 0 atom stereocenters. The number of nitro groups is 1.